The summed E-state index contributed by atoms with van der Waals surface area (Å²) in [5.74, 6) is 1.86. The molecular formula is C21H30N4O2. The summed E-state index contributed by atoms with van der Waals surface area (Å²) in [4.78, 5) is 19.1. The van der Waals surface area contributed by atoms with E-state index in [2.05, 4.69) is 44.9 Å². The zero-order valence-electron chi connectivity index (χ0n) is 16.2. The number of imidazole rings is 1. The Kier molecular flexibility index (Phi) is 5.74. The maximum atomic E-state index is 12.2. The van der Waals surface area contributed by atoms with Crippen molar-refractivity contribution in [2.45, 2.75) is 45.3 Å². The molecule has 1 amide bonds. The SMILES string of the molecule is Cc1nc2ccccc2n1CC1CCN(CC(=O)NCC2CCCO2)CC1. The van der Waals surface area contributed by atoms with E-state index in [0.717, 1.165) is 63.3 Å². The van der Waals surface area contributed by atoms with Crippen molar-refractivity contribution >= 4 is 16.9 Å². The number of ether oxygens (including phenoxy) is 1. The van der Waals surface area contributed by atoms with Crippen LogP contribution in [0.1, 0.15) is 31.5 Å². The summed E-state index contributed by atoms with van der Waals surface area (Å²) < 4.78 is 7.91. The number of nitrogens with zero attached hydrogens (tertiary/aromatic N) is 3. The molecule has 146 valence electrons. The third kappa shape index (κ3) is 4.50. The van der Waals surface area contributed by atoms with Crippen LogP contribution >= 0.6 is 0 Å². The first kappa shape index (κ1) is 18.4. The number of aromatic nitrogens is 2. The largest absolute Gasteiger partial charge is 0.376 e. The zero-order chi connectivity index (χ0) is 18.6. The van der Waals surface area contributed by atoms with Gasteiger partial charge in [0.1, 0.15) is 5.82 Å². The number of para-hydroxylation sites is 2. The molecule has 1 aromatic carbocycles. The van der Waals surface area contributed by atoms with Gasteiger partial charge in [0, 0.05) is 19.7 Å². The van der Waals surface area contributed by atoms with E-state index in [4.69, 9.17) is 4.74 Å². The topological polar surface area (TPSA) is 59.4 Å². The van der Waals surface area contributed by atoms with Gasteiger partial charge in [-0.15, -0.1) is 0 Å². The lowest BCUT2D eigenvalue weighted by Gasteiger charge is -2.32. The van der Waals surface area contributed by atoms with Crippen LogP contribution in [0.5, 0.6) is 0 Å². The molecule has 0 spiro atoms. The van der Waals surface area contributed by atoms with E-state index in [1.54, 1.807) is 0 Å². The molecule has 3 heterocycles. The summed E-state index contributed by atoms with van der Waals surface area (Å²) in [6.45, 7) is 7.08. The third-order valence-electron chi connectivity index (χ3n) is 5.91. The summed E-state index contributed by atoms with van der Waals surface area (Å²) in [6, 6.07) is 8.36. The van der Waals surface area contributed by atoms with Crippen molar-refractivity contribution in [3.8, 4) is 0 Å². The minimum atomic E-state index is 0.125. The van der Waals surface area contributed by atoms with Crippen LogP contribution < -0.4 is 5.32 Å². The second-order valence-corrected chi connectivity index (χ2v) is 7.92. The first-order valence-corrected chi connectivity index (χ1v) is 10.2. The fourth-order valence-electron chi connectivity index (χ4n) is 4.30. The number of amides is 1. The molecule has 2 aliphatic rings. The second-order valence-electron chi connectivity index (χ2n) is 7.92. The molecule has 0 saturated carbocycles. The number of benzene rings is 1. The van der Waals surface area contributed by atoms with Gasteiger partial charge in [-0.1, -0.05) is 12.1 Å². The minimum absolute atomic E-state index is 0.125. The molecule has 6 nitrogen and oxygen atoms in total. The van der Waals surface area contributed by atoms with Crippen LogP contribution in [0.3, 0.4) is 0 Å². The smallest absolute Gasteiger partial charge is 0.234 e. The molecule has 1 unspecified atom stereocenters. The summed E-state index contributed by atoms with van der Waals surface area (Å²) in [6.07, 6.45) is 4.65. The minimum Gasteiger partial charge on any atom is -0.376 e. The van der Waals surface area contributed by atoms with Gasteiger partial charge in [0.25, 0.3) is 0 Å². The molecule has 0 radical (unpaired) electrons. The van der Waals surface area contributed by atoms with Crippen molar-refractivity contribution in [3.05, 3.63) is 30.1 Å². The fourth-order valence-corrected chi connectivity index (χ4v) is 4.30. The molecular weight excluding hydrogens is 340 g/mol. The van der Waals surface area contributed by atoms with Crippen LogP contribution in [0.2, 0.25) is 0 Å². The zero-order valence-corrected chi connectivity index (χ0v) is 16.2. The number of likely N-dealkylation sites (tertiary alicyclic amines) is 1. The molecule has 1 atom stereocenters. The van der Waals surface area contributed by atoms with Crippen LogP contribution in [-0.2, 0) is 16.1 Å². The Bertz CT molecular complexity index is 774. The van der Waals surface area contributed by atoms with Gasteiger partial charge in [-0.3, -0.25) is 9.69 Å². The lowest BCUT2D eigenvalue weighted by atomic mass is 9.96. The van der Waals surface area contributed by atoms with Gasteiger partial charge in [-0.05, 0) is 63.7 Å². The van der Waals surface area contributed by atoms with Gasteiger partial charge in [-0.2, -0.15) is 0 Å². The number of rotatable bonds is 6. The molecule has 0 bridgehead atoms. The van der Waals surface area contributed by atoms with Gasteiger partial charge < -0.3 is 14.6 Å². The number of hydrogen-bond donors (Lipinski definition) is 1. The van der Waals surface area contributed by atoms with E-state index in [0.29, 0.717) is 19.0 Å². The Hall–Kier alpha value is -1.92. The number of piperidine rings is 1. The maximum Gasteiger partial charge on any atom is 0.234 e. The lowest BCUT2D eigenvalue weighted by molar-refractivity contribution is -0.123. The van der Waals surface area contributed by atoms with Crippen LogP contribution in [0, 0.1) is 12.8 Å². The summed E-state index contributed by atoms with van der Waals surface area (Å²) in [5.41, 5.74) is 2.31. The van der Waals surface area contributed by atoms with Gasteiger partial charge in [0.15, 0.2) is 0 Å². The first-order valence-electron chi connectivity index (χ1n) is 10.2. The molecule has 1 N–H and O–H groups in total. The highest BCUT2D eigenvalue weighted by molar-refractivity contribution is 5.78. The monoisotopic (exact) mass is 370 g/mol. The molecule has 2 saturated heterocycles. The number of carbonyl (C=O) groups excluding carboxylic acids is 1. The van der Waals surface area contributed by atoms with Crippen molar-refractivity contribution in [2.24, 2.45) is 5.92 Å². The van der Waals surface area contributed by atoms with Crippen molar-refractivity contribution in [1.82, 2.24) is 19.8 Å². The van der Waals surface area contributed by atoms with E-state index in [1.165, 1.54) is 5.52 Å². The molecule has 27 heavy (non-hydrogen) atoms. The Morgan fingerprint density at radius 1 is 1.26 bits per heavy atom. The van der Waals surface area contributed by atoms with Crippen molar-refractivity contribution in [1.29, 1.82) is 0 Å². The number of fused-ring (bicyclic) bond motifs is 1. The average molecular weight is 370 g/mol. The first-order chi connectivity index (χ1) is 13.2. The number of carbonyl (C=O) groups is 1. The lowest BCUT2D eigenvalue weighted by Crippen LogP contribution is -2.43. The van der Waals surface area contributed by atoms with Crippen LogP contribution in [0.25, 0.3) is 11.0 Å². The fraction of sp³-hybridized carbons (Fsp3) is 0.619. The molecule has 6 heteroatoms. The van der Waals surface area contributed by atoms with Gasteiger partial charge in [0.2, 0.25) is 5.91 Å². The Morgan fingerprint density at radius 2 is 2.07 bits per heavy atom. The number of hydrogen-bond acceptors (Lipinski definition) is 4. The Labute approximate surface area is 160 Å². The Balaban J connectivity index is 1.24. The summed E-state index contributed by atoms with van der Waals surface area (Å²) in [5, 5.41) is 3.03. The van der Waals surface area contributed by atoms with Gasteiger partial charge in [-0.25, -0.2) is 4.98 Å². The normalized spacial score (nSPS) is 21.7. The van der Waals surface area contributed by atoms with Gasteiger partial charge >= 0.3 is 0 Å². The van der Waals surface area contributed by atoms with Crippen LogP contribution in [0.15, 0.2) is 24.3 Å². The van der Waals surface area contributed by atoms with E-state index >= 15 is 0 Å². The number of aryl methyl sites for hydroxylation is 1. The molecule has 2 fully saturated rings. The quantitative estimate of drug-likeness (QED) is 0.848. The second kappa shape index (κ2) is 8.40. The van der Waals surface area contributed by atoms with Crippen molar-refractivity contribution in [2.75, 3.05) is 32.8 Å². The van der Waals surface area contributed by atoms with E-state index in [9.17, 15) is 4.79 Å². The predicted molar refractivity (Wildman–Crippen MR) is 106 cm³/mol. The van der Waals surface area contributed by atoms with Crippen LogP contribution in [0.4, 0.5) is 0 Å². The van der Waals surface area contributed by atoms with Crippen LogP contribution in [-0.4, -0.2) is 59.2 Å². The standard InChI is InChI=1S/C21H30N4O2/c1-16-23-19-6-2-3-7-20(19)25(16)14-17-8-10-24(11-9-17)15-21(26)22-13-18-5-4-12-27-18/h2-3,6-7,17-18H,4-5,8-15H2,1H3,(H,22,26). The highest BCUT2D eigenvalue weighted by atomic mass is 16.5. The predicted octanol–water partition coefficient (Wildman–Crippen LogP) is 2.35. The molecule has 2 aliphatic heterocycles. The molecule has 2 aromatic rings. The summed E-state index contributed by atoms with van der Waals surface area (Å²) in [7, 11) is 0. The highest BCUT2D eigenvalue weighted by Crippen LogP contribution is 2.23. The molecule has 0 aliphatic carbocycles. The third-order valence-corrected chi connectivity index (χ3v) is 5.91. The average Bonchev–Trinajstić information content (AvgIpc) is 3.30. The summed E-state index contributed by atoms with van der Waals surface area (Å²) >= 11 is 0. The molecule has 4 rings (SSSR count). The van der Waals surface area contributed by atoms with E-state index in [1.807, 2.05) is 6.07 Å². The Morgan fingerprint density at radius 3 is 2.85 bits per heavy atom. The van der Waals surface area contributed by atoms with E-state index < -0.39 is 0 Å². The highest BCUT2D eigenvalue weighted by Gasteiger charge is 2.23. The van der Waals surface area contributed by atoms with Crippen molar-refractivity contribution < 1.29 is 9.53 Å². The van der Waals surface area contributed by atoms with E-state index in [-0.39, 0.29) is 12.0 Å². The van der Waals surface area contributed by atoms with Crippen molar-refractivity contribution in [3.63, 3.8) is 0 Å². The number of nitrogens with one attached hydrogen (secondary N) is 1. The van der Waals surface area contributed by atoms with Gasteiger partial charge in [0.05, 0.1) is 23.7 Å². The molecule has 1 aromatic heterocycles. The maximum absolute atomic E-state index is 12.2.